The summed E-state index contributed by atoms with van der Waals surface area (Å²) in [6.07, 6.45) is 0. The van der Waals surface area contributed by atoms with Crippen molar-refractivity contribution in [1.29, 1.82) is 0 Å². The molecule has 2 aromatic rings. The van der Waals surface area contributed by atoms with Crippen LogP contribution in [0.4, 0.5) is 10.5 Å². The molecule has 0 bridgehead atoms. The Morgan fingerprint density at radius 2 is 1.77 bits per heavy atom. The number of ether oxygens (including phenoxy) is 1. The van der Waals surface area contributed by atoms with E-state index in [9.17, 15) is 19.5 Å². The third-order valence-corrected chi connectivity index (χ3v) is 5.62. The Kier molecular flexibility index (Phi) is 6.44. The first-order chi connectivity index (χ1) is 14.7. The molecule has 0 aromatic heterocycles. The standard InChI is InChI=1S/C22H18Cl2N2O5/c1-14(27)31-12-4-3-11-25-21(30)26(16-7-10-18(23)19(24)13-16)20(29)22(25,2)15-5-8-17(28)9-6-15/h5-10,13,28H,11-12H2,1-2H3. The Hall–Kier alpha value is -3.21. The van der Waals surface area contributed by atoms with Crippen LogP contribution in [0.3, 0.4) is 0 Å². The number of hydrogen-bond donors (Lipinski definition) is 1. The Balaban J connectivity index is 2.02. The van der Waals surface area contributed by atoms with Crippen molar-refractivity contribution in [2.24, 2.45) is 0 Å². The number of halogens is 2. The highest BCUT2D eigenvalue weighted by Gasteiger charge is 2.55. The average Bonchev–Trinajstić information content (AvgIpc) is 2.91. The van der Waals surface area contributed by atoms with Crippen LogP contribution < -0.4 is 4.90 Å². The minimum Gasteiger partial charge on any atom is -0.508 e. The lowest BCUT2D eigenvalue weighted by molar-refractivity contribution is -0.139. The number of rotatable bonds is 4. The Morgan fingerprint density at radius 1 is 1.10 bits per heavy atom. The van der Waals surface area contributed by atoms with Gasteiger partial charge in [0, 0.05) is 6.92 Å². The highest BCUT2D eigenvalue weighted by molar-refractivity contribution is 6.42. The molecular formula is C22H18Cl2N2O5. The topological polar surface area (TPSA) is 87.2 Å². The minimum atomic E-state index is -1.40. The quantitative estimate of drug-likeness (QED) is 0.423. The highest BCUT2D eigenvalue weighted by atomic mass is 35.5. The molecule has 2 aromatic carbocycles. The van der Waals surface area contributed by atoms with Gasteiger partial charge in [0.25, 0.3) is 5.91 Å². The normalized spacial score (nSPS) is 18.1. The first-order valence-electron chi connectivity index (χ1n) is 9.16. The summed E-state index contributed by atoms with van der Waals surface area (Å²) in [7, 11) is 0. The van der Waals surface area contributed by atoms with Crippen molar-refractivity contribution in [3.8, 4) is 17.6 Å². The van der Waals surface area contributed by atoms with Crippen LogP contribution in [-0.4, -0.2) is 41.1 Å². The Bertz CT molecular complexity index is 1110. The second kappa shape index (κ2) is 8.88. The van der Waals surface area contributed by atoms with Gasteiger partial charge in [-0.2, -0.15) is 0 Å². The van der Waals surface area contributed by atoms with Gasteiger partial charge in [-0.15, -0.1) is 0 Å². The van der Waals surface area contributed by atoms with Crippen molar-refractivity contribution in [2.75, 3.05) is 18.1 Å². The number of esters is 1. The number of amides is 3. The summed E-state index contributed by atoms with van der Waals surface area (Å²) in [4.78, 5) is 40.0. The molecule has 31 heavy (non-hydrogen) atoms. The van der Waals surface area contributed by atoms with Crippen LogP contribution >= 0.6 is 23.2 Å². The van der Waals surface area contributed by atoms with Crippen molar-refractivity contribution in [1.82, 2.24) is 4.90 Å². The number of carbonyl (C=O) groups is 3. The highest BCUT2D eigenvalue weighted by Crippen LogP contribution is 2.40. The van der Waals surface area contributed by atoms with Crippen LogP contribution in [0.5, 0.6) is 5.75 Å². The second-order valence-corrected chi connectivity index (χ2v) is 7.67. The lowest BCUT2D eigenvalue weighted by atomic mass is 9.90. The molecule has 1 atom stereocenters. The van der Waals surface area contributed by atoms with Crippen LogP contribution in [0.15, 0.2) is 42.5 Å². The van der Waals surface area contributed by atoms with Crippen LogP contribution in [0.1, 0.15) is 19.4 Å². The van der Waals surface area contributed by atoms with E-state index in [1.165, 1.54) is 42.2 Å². The zero-order valence-corrected chi connectivity index (χ0v) is 18.2. The molecule has 1 unspecified atom stereocenters. The van der Waals surface area contributed by atoms with E-state index in [-0.39, 0.29) is 29.6 Å². The third kappa shape index (κ3) is 4.31. The fourth-order valence-electron chi connectivity index (χ4n) is 3.20. The number of urea groups is 1. The van der Waals surface area contributed by atoms with Gasteiger partial charge in [0.2, 0.25) is 0 Å². The maximum atomic E-state index is 13.5. The molecule has 0 spiro atoms. The van der Waals surface area contributed by atoms with Gasteiger partial charge < -0.3 is 9.84 Å². The zero-order valence-electron chi connectivity index (χ0n) is 16.7. The van der Waals surface area contributed by atoms with Crippen LogP contribution in [0.25, 0.3) is 0 Å². The number of anilines is 1. The lowest BCUT2D eigenvalue weighted by Crippen LogP contribution is -2.44. The molecule has 1 aliphatic heterocycles. The van der Waals surface area contributed by atoms with E-state index in [2.05, 4.69) is 11.8 Å². The summed E-state index contributed by atoms with van der Waals surface area (Å²) in [6, 6.07) is 9.87. The molecule has 1 saturated heterocycles. The van der Waals surface area contributed by atoms with Gasteiger partial charge in [-0.1, -0.05) is 47.2 Å². The second-order valence-electron chi connectivity index (χ2n) is 6.86. The number of phenols is 1. The van der Waals surface area contributed by atoms with E-state index in [0.717, 1.165) is 4.90 Å². The summed E-state index contributed by atoms with van der Waals surface area (Å²) < 4.78 is 4.77. The molecule has 3 rings (SSSR count). The van der Waals surface area contributed by atoms with Crippen molar-refractivity contribution in [2.45, 2.75) is 19.4 Å². The predicted octanol–water partition coefficient (Wildman–Crippen LogP) is 3.95. The SMILES string of the molecule is CC(=O)OCC#CCN1C(=O)N(c2ccc(Cl)c(Cl)c2)C(=O)C1(C)c1ccc(O)cc1. The number of imide groups is 1. The van der Waals surface area contributed by atoms with E-state index >= 15 is 0 Å². The van der Waals surface area contributed by atoms with E-state index < -0.39 is 23.4 Å². The molecule has 3 amide bonds. The van der Waals surface area contributed by atoms with Crippen LogP contribution in [-0.2, 0) is 19.9 Å². The van der Waals surface area contributed by atoms with Crippen LogP contribution in [0.2, 0.25) is 10.0 Å². The first kappa shape index (κ1) is 22.5. The van der Waals surface area contributed by atoms with Crippen molar-refractivity contribution in [3.63, 3.8) is 0 Å². The number of phenolic OH excluding ortho intramolecular Hbond substituents is 1. The Labute approximate surface area is 189 Å². The summed E-state index contributed by atoms with van der Waals surface area (Å²) in [5.74, 6) is 4.46. The van der Waals surface area contributed by atoms with Gasteiger partial charge in [-0.25, -0.2) is 9.69 Å². The third-order valence-electron chi connectivity index (χ3n) is 4.88. The number of benzene rings is 2. The molecule has 1 aliphatic rings. The summed E-state index contributed by atoms with van der Waals surface area (Å²) in [5, 5.41) is 10.1. The molecular weight excluding hydrogens is 443 g/mol. The summed E-state index contributed by atoms with van der Waals surface area (Å²) in [5.41, 5.74) is -0.634. The van der Waals surface area contributed by atoms with Gasteiger partial charge in [0.05, 0.1) is 22.3 Å². The molecule has 7 nitrogen and oxygen atoms in total. The number of aromatic hydroxyl groups is 1. The summed E-state index contributed by atoms with van der Waals surface area (Å²) >= 11 is 12.1. The molecule has 1 heterocycles. The molecule has 1 fully saturated rings. The number of carbonyl (C=O) groups excluding carboxylic acids is 3. The van der Waals surface area contributed by atoms with E-state index in [4.69, 9.17) is 27.9 Å². The van der Waals surface area contributed by atoms with Gasteiger partial charge in [-0.05, 0) is 42.8 Å². The molecule has 0 radical (unpaired) electrons. The fourth-order valence-corrected chi connectivity index (χ4v) is 3.49. The van der Waals surface area contributed by atoms with Gasteiger partial charge >= 0.3 is 12.0 Å². The van der Waals surface area contributed by atoms with Crippen molar-refractivity contribution < 1.29 is 24.2 Å². The monoisotopic (exact) mass is 460 g/mol. The minimum absolute atomic E-state index is 0.0261. The summed E-state index contributed by atoms with van der Waals surface area (Å²) in [6.45, 7) is 2.64. The maximum absolute atomic E-state index is 13.5. The smallest absolute Gasteiger partial charge is 0.333 e. The van der Waals surface area contributed by atoms with Gasteiger partial charge in [-0.3, -0.25) is 14.5 Å². The van der Waals surface area contributed by atoms with Crippen molar-refractivity contribution >= 4 is 46.8 Å². The van der Waals surface area contributed by atoms with E-state index in [1.807, 2.05) is 0 Å². The predicted molar refractivity (Wildman–Crippen MR) is 116 cm³/mol. The van der Waals surface area contributed by atoms with E-state index in [0.29, 0.717) is 10.6 Å². The molecule has 0 aliphatic carbocycles. The van der Waals surface area contributed by atoms with Gasteiger partial charge in [0.15, 0.2) is 6.61 Å². The number of hydrogen-bond acceptors (Lipinski definition) is 5. The van der Waals surface area contributed by atoms with E-state index in [1.54, 1.807) is 19.1 Å². The molecule has 1 N–H and O–H groups in total. The molecule has 9 heteroatoms. The maximum Gasteiger partial charge on any atom is 0.333 e. The van der Waals surface area contributed by atoms with Crippen LogP contribution in [0, 0.1) is 11.8 Å². The molecule has 0 saturated carbocycles. The lowest BCUT2D eigenvalue weighted by Gasteiger charge is -2.30. The fraction of sp³-hybridized carbons (Fsp3) is 0.227. The number of nitrogens with zero attached hydrogens (tertiary/aromatic N) is 2. The van der Waals surface area contributed by atoms with Crippen molar-refractivity contribution in [3.05, 3.63) is 58.1 Å². The first-order valence-corrected chi connectivity index (χ1v) is 9.91. The average molecular weight is 461 g/mol. The molecule has 160 valence electrons. The van der Waals surface area contributed by atoms with Gasteiger partial charge in [0.1, 0.15) is 11.3 Å². The Morgan fingerprint density at radius 3 is 2.39 bits per heavy atom. The zero-order chi connectivity index (χ0) is 22.8. The largest absolute Gasteiger partial charge is 0.508 e.